The van der Waals surface area contributed by atoms with Gasteiger partial charge in [0, 0.05) is 6.42 Å². The maximum atomic E-state index is 10.0. The molecule has 0 aliphatic rings. The zero-order valence-corrected chi connectivity index (χ0v) is 11.3. The van der Waals surface area contributed by atoms with Crippen LogP contribution in [0.3, 0.4) is 0 Å². The smallest absolute Gasteiger partial charge is 0.115 e. The monoisotopic (exact) mass is 252 g/mol. The van der Waals surface area contributed by atoms with Crippen molar-refractivity contribution in [1.82, 2.24) is 0 Å². The van der Waals surface area contributed by atoms with Crippen molar-refractivity contribution >= 4 is 0 Å². The number of hydrogen-bond donors (Lipinski definition) is 3. The number of aliphatic hydroxyl groups excluding tert-OH is 1. The van der Waals surface area contributed by atoms with E-state index in [-0.39, 0.29) is 5.75 Å². The first-order valence-electron chi connectivity index (χ1n) is 6.61. The highest BCUT2D eigenvalue weighted by atomic mass is 16.3. The molecule has 0 heterocycles. The largest absolute Gasteiger partial charge is 0.508 e. The fraction of sp³-hybridized carbons (Fsp3) is 0.600. The molecular weight excluding hydrogens is 228 g/mol. The third-order valence-corrected chi connectivity index (χ3v) is 3.17. The van der Waals surface area contributed by atoms with Crippen molar-refractivity contribution in [2.75, 3.05) is 0 Å². The molecule has 3 nitrogen and oxygen atoms in total. The summed E-state index contributed by atoms with van der Waals surface area (Å²) in [5.74, 6) is 0.255. The van der Waals surface area contributed by atoms with Gasteiger partial charge in [-0.1, -0.05) is 25.5 Å². The van der Waals surface area contributed by atoms with E-state index in [2.05, 4.69) is 0 Å². The molecule has 0 fully saturated rings. The van der Waals surface area contributed by atoms with Crippen LogP contribution in [0.1, 0.15) is 45.1 Å². The Balaban J connectivity index is 2.37. The molecule has 1 aromatic rings. The average Bonchev–Trinajstić information content (AvgIpc) is 2.27. The summed E-state index contributed by atoms with van der Waals surface area (Å²) < 4.78 is 0. The van der Waals surface area contributed by atoms with Crippen LogP contribution in [0.15, 0.2) is 24.3 Å². The Hall–Kier alpha value is -1.06. The normalized spacial score (nSPS) is 16.2. The molecule has 0 saturated carbocycles. The molecule has 2 atom stereocenters. The van der Waals surface area contributed by atoms with Crippen LogP contribution in [0.25, 0.3) is 0 Å². The van der Waals surface area contributed by atoms with Crippen molar-refractivity contribution < 1.29 is 15.3 Å². The first-order valence-corrected chi connectivity index (χ1v) is 6.61. The van der Waals surface area contributed by atoms with Gasteiger partial charge in [0.05, 0.1) is 11.7 Å². The van der Waals surface area contributed by atoms with Crippen LogP contribution in [-0.2, 0) is 6.42 Å². The summed E-state index contributed by atoms with van der Waals surface area (Å²) in [6.07, 6.45) is 2.94. The van der Waals surface area contributed by atoms with E-state index in [0.717, 1.165) is 18.4 Å². The number of phenolic OH excluding ortho intramolecular Hbond substituents is 1. The third kappa shape index (κ3) is 5.52. The zero-order valence-electron chi connectivity index (χ0n) is 11.3. The lowest BCUT2D eigenvalue weighted by Crippen LogP contribution is -2.30. The molecule has 1 aromatic carbocycles. The minimum Gasteiger partial charge on any atom is -0.508 e. The molecule has 0 amide bonds. The molecule has 3 heteroatoms. The predicted molar refractivity (Wildman–Crippen MR) is 72.6 cm³/mol. The van der Waals surface area contributed by atoms with E-state index in [1.807, 2.05) is 19.1 Å². The van der Waals surface area contributed by atoms with Gasteiger partial charge in [-0.2, -0.15) is 0 Å². The number of aryl methyl sites for hydroxylation is 1. The number of aromatic hydroxyl groups is 1. The van der Waals surface area contributed by atoms with Gasteiger partial charge in [-0.05, 0) is 43.9 Å². The molecule has 102 valence electrons. The van der Waals surface area contributed by atoms with Gasteiger partial charge in [0.15, 0.2) is 0 Å². The molecular formula is C15H24O3. The number of rotatable bonds is 7. The van der Waals surface area contributed by atoms with E-state index in [0.29, 0.717) is 19.3 Å². The molecule has 0 aliphatic carbocycles. The topological polar surface area (TPSA) is 60.7 Å². The maximum Gasteiger partial charge on any atom is 0.115 e. The van der Waals surface area contributed by atoms with Crippen molar-refractivity contribution in [2.24, 2.45) is 0 Å². The SMILES string of the molecule is CCC[C@@](C)(O)CC(O)CCc1ccc(O)cc1. The molecule has 0 spiro atoms. The van der Waals surface area contributed by atoms with Crippen LogP contribution in [0, 0.1) is 0 Å². The Morgan fingerprint density at radius 1 is 1.22 bits per heavy atom. The van der Waals surface area contributed by atoms with Crippen molar-refractivity contribution in [3.63, 3.8) is 0 Å². The van der Waals surface area contributed by atoms with Gasteiger partial charge in [0.2, 0.25) is 0 Å². The van der Waals surface area contributed by atoms with Crippen LogP contribution >= 0.6 is 0 Å². The van der Waals surface area contributed by atoms with Crippen LogP contribution < -0.4 is 0 Å². The number of aliphatic hydroxyl groups is 2. The fourth-order valence-electron chi connectivity index (χ4n) is 2.25. The highest BCUT2D eigenvalue weighted by Gasteiger charge is 2.23. The molecule has 0 saturated heterocycles. The molecule has 0 aromatic heterocycles. The van der Waals surface area contributed by atoms with E-state index in [1.165, 1.54) is 0 Å². The van der Waals surface area contributed by atoms with Crippen molar-refractivity contribution in [2.45, 2.75) is 57.7 Å². The number of phenols is 1. The third-order valence-electron chi connectivity index (χ3n) is 3.17. The second kappa shape index (κ2) is 6.76. The van der Waals surface area contributed by atoms with Crippen LogP contribution in [0.2, 0.25) is 0 Å². The molecule has 0 radical (unpaired) electrons. The first kappa shape index (κ1) is 15.0. The van der Waals surface area contributed by atoms with E-state index in [9.17, 15) is 10.2 Å². The molecule has 1 rings (SSSR count). The van der Waals surface area contributed by atoms with Gasteiger partial charge >= 0.3 is 0 Å². The van der Waals surface area contributed by atoms with Crippen LogP contribution in [0.5, 0.6) is 5.75 Å². The van der Waals surface area contributed by atoms with Crippen molar-refractivity contribution in [3.05, 3.63) is 29.8 Å². The molecule has 3 N–H and O–H groups in total. The second-order valence-corrected chi connectivity index (χ2v) is 5.31. The van der Waals surface area contributed by atoms with E-state index in [1.54, 1.807) is 19.1 Å². The predicted octanol–water partition coefficient (Wildman–Crippen LogP) is 2.63. The van der Waals surface area contributed by atoms with Gasteiger partial charge in [-0.3, -0.25) is 0 Å². The summed E-state index contributed by atoms with van der Waals surface area (Å²) >= 11 is 0. The minimum atomic E-state index is -0.775. The highest BCUT2D eigenvalue weighted by Crippen LogP contribution is 2.21. The molecule has 1 unspecified atom stereocenters. The van der Waals surface area contributed by atoms with E-state index in [4.69, 9.17) is 5.11 Å². The summed E-state index contributed by atoms with van der Waals surface area (Å²) in [6, 6.07) is 7.00. The van der Waals surface area contributed by atoms with Crippen molar-refractivity contribution in [3.8, 4) is 5.75 Å². The fourth-order valence-corrected chi connectivity index (χ4v) is 2.25. The lowest BCUT2D eigenvalue weighted by Gasteiger charge is -2.25. The summed E-state index contributed by atoms with van der Waals surface area (Å²) in [7, 11) is 0. The minimum absolute atomic E-state index is 0.255. The lowest BCUT2D eigenvalue weighted by atomic mass is 9.91. The Bertz CT molecular complexity index is 343. The Kier molecular flexibility index (Phi) is 5.63. The Morgan fingerprint density at radius 3 is 2.39 bits per heavy atom. The summed E-state index contributed by atoms with van der Waals surface area (Å²) in [5, 5.41) is 29.1. The Labute approximate surface area is 109 Å². The van der Waals surface area contributed by atoms with Crippen LogP contribution in [0.4, 0.5) is 0 Å². The maximum absolute atomic E-state index is 10.0. The quantitative estimate of drug-likeness (QED) is 0.699. The molecule has 0 aliphatic heterocycles. The van der Waals surface area contributed by atoms with Crippen molar-refractivity contribution in [1.29, 1.82) is 0 Å². The van der Waals surface area contributed by atoms with Gasteiger partial charge in [0.1, 0.15) is 5.75 Å². The van der Waals surface area contributed by atoms with E-state index < -0.39 is 11.7 Å². The first-order chi connectivity index (χ1) is 8.43. The Morgan fingerprint density at radius 2 is 1.83 bits per heavy atom. The van der Waals surface area contributed by atoms with Gasteiger partial charge in [0.25, 0.3) is 0 Å². The number of benzene rings is 1. The van der Waals surface area contributed by atoms with E-state index >= 15 is 0 Å². The zero-order chi connectivity index (χ0) is 13.6. The molecule has 0 bridgehead atoms. The van der Waals surface area contributed by atoms with Gasteiger partial charge in [-0.25, -0.2) is 0 Å². The summed E-state index contributed by atoms with van der Waals surface area (Å²) in [5.41, 5.74) is 0.310. The average molecular weight is 252 g/mol. The molecule has 18 heavy (non-hydrogen) atoms. The van der Waals surface area contributed by atoms with Crippen LogP contribution in [-0.4, -0.2) is 27.0 Å². The lowest BCUT2D eigenvalue weighted by molar-refractivity contribution is -0.00500. The second-order valence-electron chi connectivity index (χ2n) is 5.31. The summed E-state index contributed by atoms with van der Waals surface area (Å²) in [6.45, 7) is 3.80. The highest BCUT2D eigenvalue weighted by molar-refractivity contribution is 5.25. The number of hydrogen-bond acceptors (Lipinski definition) is 3. The van der Waals surface area contributed by atoms with Gasteiger partial charge < -0.3 is 15.3 Å². The summed E-state index contributed by atoms with van der Waals surface area (Å²) in [4.78, 5) is 0. The standard InChI is InChI=1S/C15H24O3/c1-3-10-15(2,18)11-14(17)9-6-12-4-7-13(16)8-5-12/h4-5,7-8,14,16-18H,3,6,9-11H2,1-2H3/t14?,15-/m1/s1. The van der Waals surface area contributed by atoms with Gasteiger partial charge in [-0.15, -0.1) is 0 Å².